The molecule has 0 saturated heterocycles. The molecular weight excluding hydrogens is 350 g/mol. The van der Waals surface area contributed by atoms with E-state index in [0.717, 1.165) is 6.07 Å². The number of carboxylic acids is 2. The van der Waals surface area contributed by atoms with Gasteiger partial charge in [0.15, 0.2) is 0 Å². The van der Waals surface area contributed by atoms with E-state index in [-0.39, 0.29) is 28.1 Å². The van der Waals surface area contributed by atoms with Crippen LogP contribution in [0.15, 0.2) is 36.4 Å². The van der Waals surface area contributed by atoms with Crippen molar-refractivity contribution in [3.05, 3.63) is 58.1 Å². The van der Waals surface area contributed by atoms with Crippen LogP contribution < -0.4 is 10.1 Å². The number of aromatic carboxylic acids is 2. The van der Waals surface area contributed by atoms with Gasteiger partial charge >= 0.3 is 11.9 Å². The highest BCUT2D eigenvalue weighted by atomic mass is 35.5. The summed E-state index contributed by atoms with van der Waals surface area (Å²) in [6.07, 6.45) is 0. The van der Waals surface area contributed by atoms with Crippen molar-refractivity contribution in [2.24, 2.45) is 0 Å². The van der Waals surface area contributed by atoms with Crippen molar-refractivity contribution in [3.63, 3.8) is 0 Å². The smallest absolute Gasteiger partial charge is 0.335 e. The Kier molecular flexibility index (Phi) is 5.61. The zero-order valence-corrected chi connectivity index (χ0v) is 13.8. The quantitative estimate of drug-likeness (QED) is 0.725. The van der Waals surface area contributed by atoms with Crippen LogP contribution in [0.3, 0.4) is 0 Å². The average molecular weight is 364 g/mol. The lowest BCUT2D eigenvalue weighted by Crippen LogP contribution is -2.15. The summed E-state index contributed by atoms with van der Waals surface area (Å²) in [4.78, 5) is 34.7. The van der Waals surface area contributed by atoms with Crippen LogP contribution in [0.4, 0.5) is 5.69 Å². The van der Waals surface area contributed by atoms with E-state index < -0.39 is 17.8 Å². The van der Waals surface area contributed by atoms with Crippen LogP contribution in [-0.4, -0.2) is 34.7 Å². The zero-order valence-electron chi connectivity index (χ0n) is 13.1. The molecule has 0 aromatic heterocycles. The van der Waals surface area contributed by atoms with Crippen molar-refractivity contribution in [1.82, 2.24) is 0 Å². The van der Waals surface area contributed by atoms with Crippen LogP contribution in [0.5, 0.6) is 5.75 Å². The molecule has 25 heavy (non-hydrogen) atoms. The van der Waals surface area contributed by atoms with E-state index in [0.29, 0.717) is 11.6 Å². The van der Waals surface area contributed by atoms with E-state index in [9.17, 15) is 14.4 Å². The summed E-state index contributed by atoms with van der Waals surface area (Å²) in [7, 11) is 0. The largest absolute Gasteiger partial charge is 0.493 e. The normalized spacial score (nSPS) is 10.2. The van der Waals surface area contributed by atoms with E-state index in [1.54, 1.807) is 6.92 Å². The summed E-state index contributed by atoms with van der Waals surface area (Å²) < 4.78 is 5.37. The lowest BCUT2D eigenvalue weighted by Gasteiger charge is -2.12. The predicted molar refractivity (Wildman–Crippen MR) is 90.9 cm³/mol. The standard InChI is InChI=1S/C17H14ClNO6/c1-2-25-14-8-11(18)3-4-13(14)15(20)19-12-6-9(16(21)22)5-10(7-12)17(23)24/h3-8H,2H2,1H3,(H,19,20)(H,21,22)(H,23,24). The van der Waals surface area contributed by atoms with Gasteiger partial charge in [-0.15, -0.1) is 0 Å². The lowest BCUT2D eigenvalue weighted by molar-refractivity contribution is 0.0696. The molecule has 130 valence electrons. The number of carboxylic acid groups (broad SMARTS) is 2. The van der Waals surface area contributed by atoms with Crippen LogP contribution in [-0.2, 0) is 0 Å². The van der Waals surface area contributed by atoms with Crippen LogP contribution >= 0.6 is 11.6 Å². The number of nitrogens with one attached hydrogen (secondary N) is 1. The first-order chi connectivity index (χ1) is 11.8. The van der Waals surface area contributed by atoms with Crippen molar-refractivity contribution in [3.8, 4) is 5.75 Å². The Morgan fingerprint density at radius 2 is 1.64 bits per heavy atom. The maximum absolute atomic E-state index is 12.5. The maximum Gasteiger partial charge on any atom is 0.335 e. The molecule has 2 rings (SSSR count). The number of halogens is 1. The van der Waals surface area contributed by atoms with Gasteiger partial charge in [-0.3, -0.25) is 4.79 Å². The molecule has 0 bridgehead atoms. The number of amides is 1. The molecule has 0 unspecified atom stereocenters. The minimum absolute atomic E-state index is 0.0414. The highest BCUT2D eigenvalue weighted by Crippen LogP contribution is 2.25. The molecule has 0 fully saturated rings. The Morgan fingerprint density at radius 3 is 2.16 bits per heavy atom. The third kappa shape index (κ3) is 4.48. The van der Waals surface area contributed by atoms with Crippen molar-refractivity contribution < 1.29 is 29.3 Å². The number of carbonyl (C=O) groups excluding carboxylic acids is 1. The minimum Gasteiger partial charge on any atom is -0.493 e. The Morgan fingerprint density at radius 1 is 1.04 bits per heavy atom. The van der Waals surface area contributed by atoms with Crippen molar-refractivity contribution >= 4 is 35.1 Å². The van der Waals surface area contributed by atoms with Crippen LogP contribution in [0.1, 0.15) is 38.0 Å². The number of benzene rings is 2. The van der Waals surface area contributed by atoms with E-state index in [4.69, 9.17) is 26.6 Å². The SMILES string of the molecule is CCOc1cc(Cl)ccc1C(=O)Nc1cc(C(=O)O)cc(C(=O)O)c1. The first-order valence-corrected chi connectivity index (χ1v) is 7.55. The Bertz CT molecular complexity index is 817. The average Bonchev–Trinajstić information content (AvgIpc) is 2.54. The van der Waals surface area contributed by atoms with Crippen molar-refractivity contribution in [2.45, 2.75) is 6.92 Å². The Hall–Kier alpha value is -3.06. The van der Waals surface area contributed by atoms with Gasteiger partial charge in [-0.1, -0.05) is 11.6 Å². The molecule has 0 aliphatic rings. The summed E-state index contributed by atoms with van der Waals surface area (Å²) in [5.41, 5.74) is -0.281. The number of ether oxygens (including phenoxy) is 1. The second-order valence-corrected chi connectivity index (χ2v) is 5.37. The molecule has 2 aromatic rings. The molecule has 0 radical (unpaired) electrons. The molecule has 0 aliphatic carbocycles. The van der Waals surface area contributed by atoms with Gasteiger partial charge in [-0.05, 0) is 43.3 Å². The fourth-order valence-corrected chi connectivity index (χ4v) is 2.27. The molecule has 2 aromatic carbocycles. The third-order valence-electron chi connectivity index (χ3n) is 3.17. The van der Waals surface area contributed by atoms with Crippen LogP contribution in [0.25, 0.3) is 0 Å². The lowest BCUT2D eigenvalue weighted by atomic mass is 10.1. The van der Waals surface area contributed by atoms with Gasteiger partial charge in [-0.25, -0.2) is 9.59 Å². The van der Waals surface area contributed by atoms with Gasteiger partial charge in [-0.2, -0.15) is 0 Å². The Labute approximate surface area is 147 Å². The molecule has 7 nitrogen and oxygen atoms in total. The third-order valence-corrected chi connectivity index (χ3v) is 3.41. The summed E-state index contributed by atoms with van der Waals surface area (Å²) in [5.74, 6) is -2.93. The molecule has 0 spiro atoms. The maximum atomic E-state index is 12.5. The molecule has 0 aliphatic heterocycles. The molecule has 1 amide bonds. The molecular formula is C17H14ClNO6. The van der Waals surface area contributed by atoms with Gasteiger partial charge < -0.3 is 20.3 Å². The predicted octanol–water partition coefficient (Wildman–Crippen LogP) is 3.39. The fourth-order valence-electron chi connectivity index (χ4n) is 2.10. The second kappa shape index (κ2) is 7.67. The number of carbonyl (C=O) groups is 3. The first-order valence-electron chi connectivity index (χ1n) is 7.17. The summed E-state index contributed by atoms with van der Waals surface area (Å²) in [6, 6.07) is 7.80. The van der Waals surface area contributed by atoms with Crippen LogP contribution in [0, 0.1) is 0 Å². The number of hydrogen-bond acceptors (Lipinski definition) is 4. The number of rotatable bonds is 6. The monoisotopic (exact) mass is 363 g/mol. The fraction of sp³-hybridized carbons (Fsp3) is 0.118. The molecule has 8 heteroatoms. The zero-order chi connectivity index (χ0) is 18.6. The van der Waals surface area contributed by atoms with Crippen molar-refractivity contribution in [1.29, 1.82) is 0 Å². The molecule has 0 heterocycles. The van der Waals surface area contributed by atoms with Gasteiger partial charge in [0.2, 0.25) is 0 Å². The molecule has 0 saturated carbocycles. The highest BCUT2D eigenvalue weighted by molar-refractivity contribution is 6.31. The van der Waals surface area contributed by atoms with Gasteiger partial charge in [0.1, 0.15) is 5.75 Å². The van der Waals surface area contributed by atoms with E-state index in [2.05, 4.69) is 5.32 Å². The van der Waals surface area contributed by atoms with Crippen molar-refractivity contribution in [2.75, 3.05) is 11.9 Å². The van der Waals surface area contributed by atoms with Crippen LogP contribution in [0.2, 0.25) is 5.02 Å². The molecule has 0 atom stereocenters. The van der Waals surface area contributed by atoms with Gasteiger partial charge in [0.25, 0.3) is 5.91 Å². The first kappa shape index (κ1) is 18.3. The van der Waals surface area contributed by atoms with E-state index in [1.807, 2.05) is 0 Å². The van der Waals surface area contributed by atoms with Gasteiger partial charge in [0, 0.05) is 10.7 Å². The molecule has 3 N–H and O–H groups in total. The summed E-state index contributed by atoms with van der Waals surface area (Å²) in [5, 5.41) is 21.0. The van der Waals surface area contributed by atoms with E-state index in [1.165, 1.54) is 30.3 Å². The summed E-state index contributed by atoms with van der Waals surface area (Å²) in [6.45, 7) is 2.07. The minimum atomic E-state index is -1.31. The topological polar surface area (TPSA) is 113 Å². The van der Waals surface area contributed by atoms with Gasteiger partial charge in [0.05, 0.1) is 23.3 Å². The summed E-state index contributed by atoms with van der Waals surface area (Å²) >= 11 is 5.89. The second-order valence-electron chi connectivity index (χ2n) is 4.94. The number of anilines is 1. The number of hydrogen-bond donors (Lipinski definition) is 3. The van der Waals surface area contributed by atoms with E-state index >= 15 is 0 Å². The Balaban J connectivity index is 2.38. The highest BCUT2D eigenvalue weighted by Gasteiger charge is 2.16.